The summed E-state index contributed by atoms with van der Waals surface area (Å²) >= 11 is 1.62. The lowest BCUT2D eigenvalue weighted by Gasteiger charge is -2.25. The highest BCUT2D eigenvalue weighted by atomic mass is 32.2. The highest BCUT2D eigenvalue weighted by molar-refractivity contribution is 8.00. The van der Waals surface area contributed by atoms with Crippen LogP contribution in [0.5, 0.6) is 0 Å². The van der Waals surface area contributed by atoms with E-state index in [2.05, 4.69) is 57.3 Å². The van der Waals surface area contributed by atoms with Crippen molar-refractivity contribution in [3.8, 4) is 5.69 Å². The zero-order chi connectivity index (χ0) is 25.6. The average Bonchev–Trinajstić information content (AvgIpc) is 3.56. The molecule has 2 heterocycles. The average molecular weight is 503 g/mol. The van der Waals surface area contributed by atoms with E-state index < -0.39 is 0 Å². The van der Waals surface area contributed by atoms with Gasteiger partial charge in [0.2, 0.25) is 11.8 Å². The van der Waals surface area contributed by atoms with E-state index in [0.29, 0.717) is 11.6 Å². The Morgan fingerprint density at radius 3 is 2.53 bits per heavy atom. The van der Waals surface area contributed by atoms with Crippen molar-refractivity contribution < 1.29 is 9.59 Å². The minimum atomic E-state index is -0.268. The molecular weight excluding hydrogens is 468 g/mol. The van der Waals surface area contributed by atoms with Crippen molar-refractivity contribution >= 4 is 29.4 Å². The van der Waals surface area contributed by atoms with E-state index >= 15 is 0 Å². The first-order chi connectivity index (χ1) is 17.1. The molecule has 2 aliphatic rings. The first-order valence-corrected chi connectivity index (χ1v) is 13.7. The fourth-order valence-electron chi connectivity index (χ4n) is 4.78. The molecule has 3 aromatic rings. The van der Waals surface area contributed by atoms with Crippen LogP contribution in [-0.4, -0.2) is 39.9 Å². The molecule has 0 saturated heterocycles. The van der Waals surface area contributed by atoms with Gasteiger partial charge in [-0.15, -0.1) is 11.8 Å². The predicted octanol–water partition coefficient (Wildman–Crippen LogP) is 5.23. The Hall–Kier alpha value is -3.06. The zero-order valence-electron chi connectivity index (χ0n) is 21.7. The largest absolute Gasteiger partial charge is 0.352 e. The Bertz CT molecular complexity index is 1320. The second-order valence-electron chi connectivity index (χ2n) is 11.0. The Morgan fingerprint density at radius 1 is 1.11 bits per heavy atom. The third-order valence-corrected chi connectivity index (χ3v) is 8.00. The monoisotopic (exact) mass is 502 g/mol. The molecule has 1 aliphatic carbocycles. The van der Waals surface area contributed by atoms with Gasteiger partial charge >= 0.3 is 0 Å². The van der Waals surface area contributed by atoms with E-state index in [4.69, 9.17) is 5.10 Å². The topological polar surface area (TPSA) is 67.2 Å². The molecule has 1 N–H and O–H groups in total. The minimum Gasteiger partial charge on any atom is -0.352 e. The van der Waals surface area contributed by atoms with Crippen LogP contribution < -0.4 is 10.2 Å². The summed E-state index contributed by atoms with van der Waals surface area (Å²) in [5, 5.41) is 8.15. The van der Waals surface area contributed by atoms with Gasteiger partial charge in [0.1, 0.15) is 12.4 Å². The molecule has 0 radical (unpaired) electrons. The van der Waals surface area contributed by atoms with Gasteiger partial charge in [-0.05, 0) is 55.5 Å². The normalized spacial score (nSPS) is 18.1. The van der Waals surface area contributed by atoms with Gasteiger partial charge in [0.05, 0.1) is 22.4 Å². The number of aromatic nitrogens is 2. The molecule has 36 heavy (non-hydrogen) atoms. The van der Waals surface area contributed by atoms with Crippen LogP contribution in [0.15, 0.2) is 48.5 Å². The number of rotatable bonds is 5. The smallest absolute Gasteiger partial charge is 0.240 e. The van der Waals surface area contributed by atoms with E-state index in [1.54, 1.807) is 16.7 Å². The molecule has 188 valence electrons. The quantitative estimate of drug-likeness (QED) is 0.519. The molecule has 1 atom stereocenters. The van der Waals surface area contributed by atoms with E-state index in [-0.39, 0.29) is 35.1 Å². The molecule has 0 bridgehead atoms. The first-order valence-electron chi connectivity index (χ1n) is 12.6. The predicted molar refractivity (Wildman–Crippen MR) is 146 cm³/mol. The summed E-state index contributed by atoms with van der Waals surface area (Å²) in [4.78, 5) is 28.3. The minimum absolute atomic E-state index is 0.00945. The number of nitrogens with one attached hydrogen (secondary N) is 1. The highest BCUT2D eigenvalue weighted by Crippen LogP contribution is 2.49. The van der Waals surface area contributed by atoms with Gasteiger partial charge in [-0.1, -0.05) is 57.2 Å². The maximum atomic E-state index is 13.7. The third-order valence-electron chi connectivity index (χ3n) is 6.76. The molecule has 7 heteroatoms. The van der Waals surface area contributed by atoms with E-state index in [0.717, 1.165) is 35.3 Å². The maximum absolute atomic E-state index is 13.7. The molecule has 2 amide bonds. The molecule has 2 aromatic carbocycles. The highest BCUT2D eigenvalue weighted by Gasteiger charge is 2.40. The summed E-state index contributed by atoms with van der Waals surface area (Å²) in [6.45, 7) is 10.6. The Labute approximate surface area is 217 Å². The van der Waals surface area contributed by atoms with Crippen LogP contribution >= 0.6 is 11.8 Å². The number of benzene rings is 2. The van der Waals surface area contributed by atoms with Crippen molar-refractivity contribution in [3.63, 3.8) is 0 Å². The SMILES string of the molecule is Cc1cccc(-n2nc(C(C)(C)C)c3c2N(CC(=O)NC2CC2)C(=O)CSC3c2ccccc2C)c1. The summed E-state index contributed by atoms with van der Waals surface area (Å²) in [7, 11) is 0. The number of carbonyl (C=O) groups excluding carboxylic acids is 2. The van der Waals surface area contributed by atoms with Crippen LogP contribution in [0.25, 0.3) is 5.69 Å². The lowest BCUT2D eigenvalue weighted by Crippen LogP contribution is -2.43. The fourth-order valence-corrected chi connectivity index (χ4v) is 6.08. The lowest BCUT2D eigenvalue weighted by atomic mass is 9.86. The summed E-state index contributed by atoms with van der Waals surface area (Å²) in [6.07, 6.45) is 2.01. The Morgan fingerprint density at radius 2 is 1.86 bits per heavy atom. The summed E-state index contributed by atoms with van der Waals surface area (Å²) in [6, 6.07) is 16.7. The Kier molecular flexibility index (Phi) is 6.45. The summed E-state index contributed by atoms with van der Waals surface area (Å²) in [5.41, 5.74) is 6.05. The number of carbonyl (C=O) groups is 2. The van der Waals surface area contributed by atoms with Gasteiger partial charge in [0.25, 0.3) is 0 Å². The van der Waals surface area contributed by atoms with Crippen molar-refractivity contribution in [2.24, 2.45) is 0 Å². The summed E-state index contributed by atoms with van der Waals surface area (Å²) < 4.78 is 1.89. The molecule has 1 aromatic heterocycles. The van der Waals surface area contributed by atoms with Gasteiger partial charge in [0, 0.05) is 17.0 Å². The Balaban J connectivity index is 1.76. The van der Waals surface area contributed by atoms with E-state index in [1.807, 2.05) is 35.9 Å². The van der Waals surface area contributed by atoms with Gasteiger partial charge in [0.15, 0.2) is 0 Å². The number of amides is 2. The van der Waals surface area contributed by atoms with Crippen molar-refractivity contribution in [1.82, 2.24) is 15.1 Å². The first kappa shape index (κ1) is 24.6. The van der Waals surface area contributed by atoms with Crippen LogP contribution in [0.1, 0.15) is 66.8 Å². The van der Waals surface area contributed by atoms with Crippen LogP contribution in [0.2, 0.25) is 0 Å². The summed E-state index contributed by atoms with van der Waals surface area (Å²) in [5.74, 6) is 0.810. The van der Waals surface area contributed by atoms with Crippen molar-refractivity contribution in [2.45, 2.75) is 64.2 Å². The molecule has 1 aliphatic heterocycles. The van der Waals surface area contributed by atoms with Gasteiger partial charge in [-0.3, -0.25) is 14.5 Å². The van der Waals surface area contributed by atoms with Crippen molar-refractivity contribution in [2.75, 3.05) is 17.2 Å². The molecule has 1 saturated carbocycles. The van der Waals surface area contributed by atoms with Gasteiger partial charge in [-0.2, -0.15) is 5.10 Å². The number of hydrogen-bond acceptors (Lipinski definition) is 4. The molecular formula is C29H34N4O2S. The standard InChI is InChI=1S/C29H34N4O2S/c1-18-9-8-11-21(15-18)33-28-25(27(31-33)29(3,4)5)26(22-12-7-6-10-19(22)2)36-17-24(35)32(28)16-23(34)30-20-13-14-20/h6-12,15,20,26H,13-14,16-17H2,1-5H3,(H,30,34). The molecule has 0 spiro atoms. The van der Waals surface area contributed by atoms with Gasteiger partial charge in [-0.25, -0.2) is 4.68 Å². The molecule has 6 nitrogen and oxygen atoms in total. The molecule has 5 rings (SSSR count). The molecule has 1 unspecified atom stereocenters. The second kappa shape index (κ2) is 9.43. The van der Waals surface area contributed by atoms with Gasteiger partial charge < -0.3 is 5.32 Å². The second-order valence-corrected chi connectivity index (χ2v) is 12.0. The number of anilines is 1. The lowest BCUT2D eigenvalue weighted by molar-refractivity contribution is -0.123. The van der Waals surface area contributed by atoms with Crippen LogP contribution in [0.4, 0.5) is 5.82 Å². The molecule has 1 fully saturated rings. The third kappa shape index (κ3) is 4.81. The maximum Gasteiger partial charge on any atom is 0.240 e. The van der Waals surface area contributed by atoms with Crippen molar-refractivity contribution in [3.05, 3.63) is 76.5 Å². The number of hydrogen-bond donors (Lipinski definition) is 1. The van der Waals surface area contributed by atoms with E-state index in [9.17, 15) is 9.59 Å². The number of nitrogens with zero attached hydrogens (tertiary/aromatic N) is 3. The zero-order valence-corrected chi connectivity index (χ0v) is 22.5. The van der Waals surface area contributed by atoms with Crippen molar-refractivity contribution in [1.29, 1.82) is 0 Å². The number of aryl methyl sites for hydroxylation is 2. The number of fused-ring (bicyclic) bond motifs is 1. The van der Waals surface area contributed by atoms with Crippen LogP contribution in [0, 0.1) is 13.8 Å². The fraction of sp³-hybridized carbons (Fsp3) is 0.414. The number of thioether (sulfide) groups is 1. The van der Waals surface area contributed by atoms with Crippen LogP contribution in [-0.2, 0) is 15.0 Å². The van der Waals surface area contributed by atoms with E-state index in [1.165, 1.54) is 11.1 Å². The van der Waals surface area contributed by atoms with Crippen LogP contribution in [0.3, 0.4) is 0 Å².